The van der Waals surface area contributed by atoms with Crippen LogP contribution in [-0.4, -0.2) is 65.8 Å². The first-order valence-electron chi connectivity index (χ1n) is 11.9. The van der Waals surface area contributed by atoms with E-state index in [4.69, 9.17) is 21.1 Å². The summed E-state index contributed by atoms with van der Waals surface area (Å²) in [5.41, 5.74) is 2.26. The molecule has 1 aliphatic heterocycles. The number of nitrogens with zero attached hydrogens (tertiary/aromatic N) is 3. The number of amides is 3. The summed E-state index contributed by atoms with van der Waals surface area (Å²) in [6.45, 7) is 3.19. The number of aromatic nitrogens is 2. The van der Waals surface area contributed by atoms with Crippen LogP contribution in [-0.2, 0) is 9.53 Å². The average molecular weight is 512 g/mol. The predicted octanol–water partition coefficient (Wildman–Crippen LogP) is 4.35. The zero-order valence-electron chi connectivity index (χ0n) is 20.4. The third-order valence-electron chi connectivity index (χ3n) is 5.83. The van der Waals surface area contributed by atoms with Crippen LogP contribution in [0.3, 0.4) is 0 Å². The molecule has 1 saturated heterocycles. The number of rotatable bonds is 9. The highest BCUT2D eigenvalue weighted by Gasteiger charge is 2.25. The number of anilines is 1. The van der Waals surface area contributed by atoms with E-state index in [1.54, 1.807) is 23.8 Å². The molecule has 0 aliphatic carbocycles. The Hall–Kier alpha value is -3.56. The molecule has 190 valence electrons. The summed E-state index contributed by atoms with van der Waals surface area (Å²) in [6.07, 6.45) is 3.57. The van der Waals surface area contributed by atoms with Crippen LogP contribution < -0.4 is 15.4 Å². The van der Waals surface area contributed by atoms with Crippen LogP contribution in [0.4, 0.5) is 10.7 Å². The van der Waals surface area contributed by atoms with E-state index in [9.17, 15) is 9.59 Å². The fourth-order valence-corrected chi connectivity index (χ4v) is 4.17. The van der Waals surface area contributed by atoms with Gasteiger partial charge in [0, 0.05) is 42.5 Å². The molecule has 2 heterocycles. The molecular weight excluding hydrogens is 482 g/mol. The van der Waals surface area contributed by atoms with Crippen molar-refractivity contribution in [1.82, 2.24) is 19.8 Å². The number of methoxy groups -OCH3 is 1. The van der Waals surface area contributed by atoms with E-state index in [-0.39, 0.29) is 24.6 Å². The fraction of sp³-hybridized carbons (Fsp3) is 0.346. The molecule has 4 rings (SSSR count). The highest BCUT2D eigenvalue weighted by Crippen LogP contribution is 2.27. The van der Waals surface area contributed by atoms with E-state index in [0.717, 1.165) is 24.1 Å². The first kappa shape index (κ1) is 25.5. The number of halogens is 1. The first-order chi connectivity index (χ1) is 17.5. The third-order valence-corrected chi connectivity index (χ3v) is 6.08. The summed E-state index contributed by atoms with van der Waals surface area (Å²) in [6, 6.07) is 14.4. The van der Waals surface area contributed by atoms with Crippen molar-refractivity contribution in [2.24, 2.45) is 0 Å². The lowest BCUT2D eigenvalue weighted by Gasteiger charge is -2.25. The molecule has 2 aromatic carbocycles. The van der Waals surface area contributed by atoms with Crippen molar-refractivity contribution >= 4 is 29.5 Å². The van der Waals surface area contributed by atoms with Crippen molar-refractivity contribution in [2.45, 2.75) is 25.9 Å². The van der Waals surface area contributed by atoms with Gasteiger partial charge in [-0.15, -0.1) is 0 Å². The number of carbonyl (C=O) groups is 2. The Morgan fingerprint density at radius 3 is 2.75 bits per heavy atom. The molecule has 10 heteroatoms. The number of carbonyl (C=O) groups excluding carboxylic acids is 2. The Labute approximate surface area is 215 Å². The van der Waals surface area contributed by atoms with Crippen molar-refractivity contribution in [3.8, 4) is 22.7 Å². The van der Waals surface area contributed by atoms with Gasteiger partial charge in [-0.1, -0.05) is 29.8 Å². The van der Waals surface area contributed by atoms with Crippen LogP contribution in [0.1, 0.15) is 19.8 Å². The number of imidazole rings is 1. The molecule has 1 aliphatic rings. The highest BCUT2D eigenvalue weighted by atomic mass is 35.5. The molecule has 1 fully saturated rings. The Bertz CT molecular complexity index is 1190. The monoisotopic (exact) mass is 511 g/mol. The first-order valence-corrected chi connectivity index (χ1v) is 12.3. The summed E-state index contributed by atoms with van der Waals surface area (Å²) in [4.78, 5) is 31.9. The van der Waals surface area contributed by atoms with Crippen molar-refractivity contribution in [1.29, 1.82) is 0 Å². The lowest BCUT2D eigenvalue weighted by molar-refractivity contribution is -0.117. The minimum absolute atomic E-state index is 0.0734. The van der Waals surface area contributed by atoms with Gasteiger partial charge in [-0.25, -0.2) is 9.78 Å². The highest BCUT2D eigenvalue weighted by molar-refractivity contribution is 6.30. The molecule has 1 aromatic heterocycles. The topological polar surface area (TPSA) is 97.7 Å². The molecular formula is C26H30ClN5O4. The molecule has 36 heavy (non-hydrogen) atoms. The number of nitrogens with one attached hydrogen (secondary N) is 2. The van der Waals surface area contributed by atoms with Gasteiger partial charge in [0.1, 0.15) is 12.3 Å². The minimum atomic E-state index is -0.364. The van der Waals surface area contributed by atoms with E-state index >= 15 is 0 Å². The largest absolute Gasteiger partial charge is 0.497 e. The van der Waals surface area contributed by atoms with E-state index in [0.29, 0.717) is 42.1 Å². The Morgan fingerprint density at radius 2 is 2.06 bits per heavy atom. The lowest BCUT2D eigenvalue weighted by atomic mass is 10.2. The second-order valence-electron chi connectivity index (χ2n) is 8.43. The molecule has 0 spiro atoms. The molecule has 0 bridgehead atoms. The molecule has 2 N–H and O–H groups in total. The summed E-state index contributed by atoms with van der Waals surface area (Å²) in [5, 5.41) is 6.28. The number of hydrogen-bond acceptors (Lipinski definition) is 5. The maximum atomic E-state index is 13.1. The molecule has 3 amide bonds. The molecule has 3 aromatic rings. The average Bonchev–Trinajstić information content (AvgIpc) is 3.54. The van der Waals surface area contributed by atoms with Gasteiger partial charge < -0.3 is 19.7 Å². The SMILES string of the molecule is CCNC(=O)N(CC(=O)Nc1nc(-c2ccc(Cl)cc2)cn1-c1cccc(OC)c1)CC1CCCO1. The summed E-state index contributed by atoms with van der Waals surface area (Å²) in [7, 11) is 1.60. The van der Waals surface area contributed by atoms with E-state index in [1.165, 1.54) is 4.90 Å². The normalized spacial score (nSPS) is 14.9. The lowest BCUT2D eigenvalue weighted by Crippen LogP contribution is -2.47. The van der Waals surface area contributed by atoms with Gasteiger partial charge in [0.05, 0.1) is 24.6 Å². The van der Waals surface area contributed by atoms with Crippen molar-refractivity contribution in [3.05, 3.63) is 59.8 Å². The fourth-order valence-electron chi connectivity index (χ4n) is 4.04. The van der Waals surface area contributed by atoms with E-state index in [2.05, 4.69) is 15.6 Å². The zero-order chi connectivity index (χ0) is 25.5. The number of ether oxygens (including phenoxy) is 2. The predicted molar refractivity (Wildman–Crippen MR) is 139 cm³/mol. The van der Waals surface area contributed by atoms with Crippen LogP contribution in [0.25, 0.3) is 16.9 Å². The number of benzene rings is 2. The molecule has 1 unspecified atom stereocenters. The van der Waals surface area contributed by atoms with Gasteiger partial charge in [-0.2, -0.15) is 0 Å². The van der Waals surface area contributed by atoms with Crippen molar-refractivity contribution in [2.75, 3.05) is 38.7 Å². The molecule has 0 radical (unpaired) electrons. The molecule has 0 saturated carbocycles. The quantitative estimate of drug-likeness (QED) is 0.445. The second-order valence-corrected chi connectivity index (χ2v) is 8.86. The summed E-state index contributed by atoms with van der Waals surface area (Å²) in [5.74, 6) is 0.633. The smallest absolute Gasteiger partial charge is 0.317 e. The zero-order valence-corrected chi connectivity index (χ0v) is 21.1. The Morgan fingerprint density at radius 1 is 1.25 bits per heavy atom. The van der Waals surface area contributed by atoms with Crippen LogP contribution >= 0.6 is 11.6 Å². The van der Waals surface area contributed by atoms with E-state index < -0.39 is 0 Å². The van der Waals surface area contributed by atoms with E-state index in [1.807, 2.05) is 49.5 Å². The maximum Gasteiger partial charge on any atom is 0.317 e. The second kappa shape index (κ2) is 11.9. The van der Waals surface area contributed by atoms with Gasteiger partial charge in [-0.05, 0) is 44.0 Å². The number of hydrogen-bond donors (Lipinski definition) is 2. The van der Waals surface area contributed by atoms with Crippen molar-refractivity contribution in [3.63, 3.8) is 0 Å². The number of urea groups is 1. The van der Waals surface area contributed by atoms with Crippen LogP contribution in [0.2, 0.25) is 5.02 Å². The van der Waals surface area contributed by atoms with Gasteiger partial charge >= 0.3 is 6.03 Å². The minimum Gasteiger partial charge on any atom is -0.497 e. The summed E-state index contributed by atoms with van der Waals surface area (Å²) >= 11 is 6.05. The van der Waals surface area contributed by atoms with Crippen LogP contribution in [0, 0.1) is 0 Å². The van der Waals surface area contributed by atoms with Gasteiger partial charge in [0.2, 0.25) is 11.9 Å². The van der Waals surface area contributed by atoms with Gasteiger partial charge in [0.25, 0.3) is 0 Å². The molecule has 9 nitrogen and oxygen atoms in total. The van der Waals surface area contributed by atoms with Crippen molar-refractivity contribution < 1.29 is 19.1 Å². The Kier molecular flexibility index (Phi) is 8.45. The summed E-state index contributed by atoms with van der Waals surface area (Å²) < 4.78 is 12.8. The standard InChI is InChI=1S/C26H30ClN5O4/c1-3-28-26(34)31(15-22-8-5-13-36-22)17-24(33)30-25-29-23(18-9-11-19(27)12-10-18)16-32(25)20-6-4-7-21(14-20)35-2/h4,6-7,9-12,14,16,22H,3,5,8,13,15,17H2,1-2H3,(H,28,34)(H,29,30,33). The van der Waals surface area contributed by atoms with Crippen LogP contribution in [0.5, 0.6) is 5.75 Å². The maximum absolute atomic E-state index is 13.1. The molecule has 1 atom stereocenters. The third kappa shape index (κ3) is 6.35. The Balaban J connectivity index is 1.60. The van der Waals surface area contributed by atoms with Gasteiger partial charge in [-0.3, -0.25) is 14.7 Å². The van der Waals surface area contributed by atoms with Gasteiger partial charge in [0.15, 0.2) is 0 Å². The van der Waals surface area contributed by atoms with Crippen LogP contribution in [0.15, 0.2) is 54.7 Å².